The van der Waals surface area contributed by atoms with E-state index in [1.807, 2.05) is 11.9 Å². The van der Waals surface area contributed by atoms with Crippen molar-refractivity contribution >= 4 is 35.8 Å². The minimum Gasteiger partial charge on any atom is -0.379 e. The predicted octanol–water partition coefficient (Wildman–Crippen LogP) is 3.29. The van der Waals surface area contributed by atoms with Crippen LogP contribution in [0.2, 0.25) is 0 Å². The third-order valence-corrected chi connectivity index (χ3v) is 5.61. The van der Waals surface area contributed by atoms with E-state index in [9.17, 15) is 4.79 Å². The molecule has 0 aromatic heterocycles. The average molecular weight is 528 g/mol. The topological polar surface area (TPSA) is 57.2 Å². The van der Waals surface area contributed by atoms with Gasteiger partial charge in [0.05, 0.1) is 6.61 Å². The smallest absolute Gasteiger partial charge is 0.222 e. The maximum Gasteiger partial charge on any atom is 0.222 e. The van der Waals surface area contributed by atoms with Crippen LogP contribution in [0.25, 0.3) is 0 Å². The second kappa shape index (κ2) is 13.1. The van der Waals surface area contributed by atoms with E-state index in [0.717, 1.165) is 64.1 Å². The van der Waals surface area contributed by atoms with Gasteiger partial charge in [0.2, 0.25) is 5.91 Å². The number of halogens is 1. The fraction of sp³-hybridized carbons (Fsp3) is 0.652. The molecular weight excluding hydrogens is 491 g/mol. The van der Waals surface area contributed by atoms with Crippen LogP contribution in [-0.4, -0.2) is 68.1 Å². The van der Waals surface area contributed by atoms with Crippen molar-refractivity contribution in [2.75, 3.05) is 46.4 Å². The largest absolute Gasteiger partial charge is 0.379 e. The Hall–Kier alpha value is -1.35. The summed E-state index contributed by atoms with van der Waals surface area (Å²) < 4.78 is 5.73. The average Bonchev–Trinajstić information content (AvgIpc) is 3.57. The van der Waals surface area contributed by atoms with Crippen molar-refractivity contribution in [3.63, 3.8) is 0 Å². The van der Waals surface area contributed by atoms with Gasteiger partial charge >= 0.3 is 0 Å². The number of amides is 1. The molecule has 1 saturated carbocycles. The molecule has 1 fully saturated rings. The van der Waals surface area contributed by atoms with Gasteiger partial charge in [-0.3, -0.25) is 9.79 Å². The monoisotopic (exact) mass is 528 g/mol. The van der Waals surface area contributed by atoms with Gasteiger partial charge in [0.1, 0.15) is 0 Å². The Balaban J connectivity index is 0.00000320. The molecule has 3 rings (SSSR count). The Morgan fingerprint density at radius 1 is 1.30 bits per heavy atom. The van der Waals surface area contributed by atoms with E-state index in [1.54, 1.807) is 0 Å². The van der Waals surface area contributed by atoms with E-state index in [-0.39, 0.29) is 29.9 Å². The summed E-state index contributed by atoms with van der Waals surface area (Å²) in [6, 6.07) is 8.43. The number of rotatable bonds is 10. The number of likely N-dealkylation sites (N-methyl/N-ethyl adjacent to an activating group) is 1. The number of aliphatic imine (C=N–C) groups is 1. The first-order valence-corrected chi connectivity index (χ1v) is 11.1. The molecule has 0 radical (unpaired) electrons. The van der Waals surface area contributed by atoms with Crippen LogP contribution in [0.4, 0.5) is 0 Å². The molecule has 1 aromatic rings. The molecular formula is C23H37IN4O2. The molecule has 1 amide bonds. The zero-order chi connectivity index (χ0) is 20.5. The zero-order valence-electron chi connectivity index (χ0n) is 18.4. The Labute approximate surface area is 198 Å². The number of nitrogens with zero attached hydrogens (tertiary/aromatic N) is 3. The van der Waals surface area contributed by atoms with E-state index in [4.69, 9.17) is 9.73 Å². The van der Waals surface area contributed by atoms with Crippen LogP contribution in [0.5, 0.6) is 0 Å². The number of fused-ring (bicyclic) bond motifs is 1. The number of benzene rings is 1. The molecule has 30 heavy (non-hydrogen) atoms. The summed E-state index contributed by atoms with van der Waals surface area (Å²) in [4.78, 5) is 21.4. The van der Waals surface area contributed by atoms with Crippen LogP contribution in [0, 0.1) is 5.92 Å². The molecule has 2 aliphatic rings. The SMILES string of the molecule is CCNC(=NCCCC(=O)N1CCc2ccccc2C1)N(C)CCOCC1CC1.I. The van der Waals surface area contributed by atoms with Crippen molar-refractivity contribution in [2.45, 2.75) is 45.6 Å². The molecule has 168 valence electrons. The zero-order valence-corrected chi connectivity index (χ0v) is 20.8. The molecule has 6 nitrogen and oxygen atoms in total. The Morgan fingerprint density at radius 2 is 2.07 bits per heavy atom. The van der Waals surface area contributed by atoms with Gasteiger partial charge in [0, 0.05) is 52.8 Å². The number of guanidine groups is 1. The van der Waals surface area contributed by atoms with Crippen LogP contribution >= 0.6 is 24.0 Å². The number of hydrogen-bond acceptors (Lipinski definition) is 3. The lowest BCUT2D eigenvalue weighted by molar-refractivity contribution is -0.132. The highest BCUT2D eigenvalue weighted by Crippen LogP contribution is 2.28. The molecule has 0 atom stereocenters. The summed E-state index contributed by atoms with van der Waals surface area (Å²) in [7, 11) is 2.04. The van der Waals surface area contributed by atoms with E-state index in [0.29, 0.717) is 13.0 Å². The minimum absolute atomic E-state index is 0. The maximum atomic E-state index is 12.6. The predicted molar refractivity (Wildman–Crippen MR) is 132 cm³/mol. The normalized spacial score (nSPS) is 15.9. The molecule has 1 aliphatic heterocycles. The van der Waals surface area contributed by atoms with Gasteiger partial charge in [0.15, 0.2) is 5.96 Å². The standard InChI is InChI=1S/C23H36N4O2.HI/c1-3-24-23(26(2)15-16-29-18-19-10-11-19)25-13-6-9-22(28)27-14-12-20-7-4-5-8-21(20)17-27;/h4-5,7-8,19H,3,6,9-18H2,1-2H3,(H,24,25);1H. The lowest BCUT2D eigenvalue weighted by Gasteiger charge is -2.29. The van der Waals surface area contributed by atoms with Gasteiger partial charge in [-0.05, 0) is 49.7 Å². The highest BCUT2D eigenvalue weighted by atomic mass is 127. The third kappa shape index (κ3) is 8.06. The minimum atomic E-state index is 0. The van der Waals surface area contributed by atoms with Crippen molar-refractivity contribution in [2.24, 2.45) is 10.9 Å². The van der Waals surface area contributed by atoms with Gasteiger partial charge in [-0.2, -0.15) is 0 Å². The van der Waals surface area contributed by atoms with Gasteiger partial charge < -0.3 is 19.9 Å². The number of carbonyl (C=O) groups is 1. The first-order valence-electron chi connectivity index (χ1n) is 11.1. The molecule has 7 heteroatoms. The quantitative estimate of drug-likeness (QED) is 0.219. The summed E-state index contributed by atoms with van der Waals surface area (Å²) in [5.74, 6) is 1.93. The number of carbonyl (C=O) groups excluding carboxylic acids is 1. The van der Waals surface area contributed by atoms with E-state index in [1.165, 1.54) is 24.0 Å². The van der Waals surface area contributed by atoms with Gasteiger partial charge in [-0.15, -0.1) is 24.0 Å². The van der Waals surface area contributed by atoms with Gasteiger partial charge in [-0.1, -0.05) is 24.3 Å². The highest BCUT2D eigenvalue weighted by Gasteiger charge is 2.21. The fourth-order valence-electron chi connectivity index (χ4n) is 3.59. The van der Waals surface area contributed by atoms with Crippen molar-refractivity contribution in [1.82, 2.24) is 15.1 Å². The summed E-state index contributed by atoms with van der Waals surface area (Å²) in [5.41, 5.74) is 2.66. The third-order valence-electron chi connectivity index (χ3n) is 5.61. The fourth-order valence-corrected chi connectivity index (χ4v) is 3.59. The van der Waals surface area contributed by atoms with Crippen LogP contribution in [0.15, 0.2) is 29.3 Å². The molecule has 1 aromatic carbocycles. The molecule has 0 spiro atoms. The first kappa shape index (κ1) is 24.9. The lowest BCUT2D eigenvalue weighted by atomic mass is 9.99. The molecule has 0 bridgehead atoms. The van der Waals surface area contributed by atoms with Crippen molar-refractivity contribution in [1.29, 1.82) is 0 Å². The molecule has 1 heterocycles. The van der Waals surface area contributed by atoms with Crippen LogP contribution in [-0.2, 0) is 22.5 Å². The van der Waals surface area contributed by atoms with Crippen molar-refractivity contribution in [3.8, 4) is 0 Å². The number of hydrogen-bond donors (Lipinski definition) is 1. The van der Waals surface area contributed by atoms with Crippen molar-refractivity contribution in [3.05, 3.63) is 35.4 Å². The number of ether oxygens (including phenoxy) is 1. The van der Waals surface area contributed by atoms with Crippen LogP contribution in [0.1, 0.15) is 43.7 Å². The molecule has 0 saturated heterocycles. The second-order valence-corrected chi connectivity index (χ2v) is 8.11. The van der Waals surface area contributed by atoms with Gasteiger partial charge in [0.25, 0.3) is 0 Å². The second-order valence-electron chi connectivity index (χ2n) is 8.11. The van der Waals surface area contributed by atoms with Crippen molar-refractivity contribution < 1.29 is 9.53 Å². The van der Waals surface area contributed by atoms with Crippen LogP contribution in [0.3, 0.4) is 0 Å². The first-order chi connectivity index (χ1) is 14.2. The van der Waals surface area contributed by atoms with E-state index >= 15 is 0 Å². The summed E-state index contributed by atoms with van der Waals surface area (Å²) in [5, 5.41) is 3.33. The summed E-state index contributed by atoms with van der Waals surface area (Å²) >= 11 is 0. The molecule has 0 unspecified atom stereocenters. The maximum absolute atomic E-state index is 12.6. The Morgan fingerprint density at radius 3 is 2.80 bits per heavy atom. The Bertz CT molecular complexity index is 694. The lowest BCUT2D eigenvalue weighted by Crippen LogP contribution is -2.40. The summed E-state index contributed by atoms with van der Waals surface area (Å²) in [6.45, 7) is 7.58. The Kier molecular flexibility index (Phi) is 10.9. The summed E-state index contributed by atoms with van der Waals surface area (Å²) in [6.07, 6.45) is 4.93. The van der Waals surface area contributed by atoms with Crippen LogP contribution < -0.4 is 5.32 Å². The highest BCUT2D eigenvalue weighted by molar-refractivity contribution is 14.0. The number of nitrogens with one attached hydrogen (secondary N) is 1. The van der Waals surface area contributed by atoms with E-state index in [2.05, 4.69) is 41.4 Å². The molecule has 1 N–H and O–H groups in total. The van der Waals surface area contributed by atoms with Gasteiger partial charge in [-0.25, -0.2) is 0 Å². The molecule has 1 aliphatic carbocycles. The van der Waals surface area contributed by atoms with E-state index < -0.39 is 0 Å².